The number of carbonyl (C=O) groups is 1. The van der Waals surface area contributed by atoms with E-state index in [1.54, 1.807) is 0 Å². The molecule has 0 unspecified atom stereocenters. The summed E-state index contributed by atoms with van der Waals surface area (Å²) in [7, 11) is 0. The van der Waals surface area contributed by atoms with E-state index in [0.717, 1.165) is 25.9 Å². The molecule has 1 aliphatic rings. The Kier molecular flexibility index (Phi) is 14.9. The molecule has 0 atom stereocenters. The van der Waals surface area contributed by atoms with Crippen molar-refractivity contribution in [2.75, 3.05) is 13.1 Å². The van der Waals surface area contributed by atoms with E-state index in [4.69, 9.17) is 0 Å². The third kappa shape index (κ3) is 9.27. The zero-order valence-electron chi connectivity index (χ0n) is 8.74. The van der Waals surface area contributed by atoms with Gasteiger partial charge in [-0.05, 0) is 12.8 Å². The Balaban J connectivity index is 0. The van der Waals surface area contributed by atoms with E-state index in [1.807, 2.05) is 27.7 Å². The third-order valence-electron chi connectivity index (χ3n) is 1.17. The predicted molar refractivity (Wildman–Crippen MR) is 53.3 cm³/mol. The van der Waals surface area contributed by atoms with Crippen LogP contribution in [0.2, 0.25) is 0 Å². The van der Waals surface area contributed by atoms with Crippen LogP contribution in [0.5, 0.6) is 0 Å². The molecule has 0 radical (unpaired) electrons. The van der Waals surface area contributed by atoms with Crippen LogP contribution >= 0.6 is 0 Å². The summed E-state index contributed by atoms with van der Waals surface area (Å²) in [6.07, 6.45) is 2.19. The summed E-state index contributed by atoms with van der Waals surface area (Å²) in [6, 6.07) is -0.0255. The molecule has 3 nitrogen and oxygen atoms in total. The summed E-state index contributed by atoms with van der Waals surface area (Å²) in [4.78, 5) is 10.5. The molecule has 2 amide bonds. The molecule has 0 saturated carbocycles. The van der Waals surface area contributed by atoms with E-state index in [0.29, 0.717) is 0 Å². The van der Waals surface area contributed by atoms with Crippen LogP contribution in [0.25, 0.3) is 0 Å². The van der Waals surface area contributed by atoms with Crippen molar-refractivity contribution < 1.29 is 4.79 Å². The van der Waals surface area contributed by atoms with Crippen LogP contribution in [-0.2, 0) is 0 Å². The molecule has 1 fully saturated rings. The van der Waals surface area contributed by atoms with Crippen LogP contribution in [0.15, 0.2) is 0 Å². The van der Waals surface area contributed by atoms with Crippen molar-refractivity contribution in [1.29, 1.82) is 0 Å². The molecule has 12 heavy (non-hydrogen) atoms. The van der Waals surface area contributed by atoms with Crippen LogP contribution in [0.3, 0.4) is 0 Å². The zero-order valence-corrected chi connectivity index (χ0v) is 8.74. The van der Waals surface area contributed by atoms with Gasteiger partial charge in [0.1, 0.15) is 0 Å². The van der Waals surface area contributed by atoms with Crippen molar-refractivity contribution >= 4 is 6.03 Å². The second-order valence-corrected chi connectivity index (χ2v) is 1.89. The van der Waals surface area contributed by atoms with Gasteiger partial charge in [-0.25, -0.2) is 4.79 Å². The van der Waals surface area contributed by atoms with Crippen molar-refractivity contribution in [1.82, 2.24) is 10.6 Å². The highest BCUT2D eigenvalue weighted by Crippen LogP contribution is 1.87. The summed E-state index contributed by atoms with van der Waals surface area (Å²) in [5, 5.41) is 5.39. The third-order valence-corrected chi connectivity index (χ3v) is 1.17. The second-order valence-electron chi connectivity index (χ2n) is 1.89. The Morgan fingerprint density at radius 3 is 1.58 bits per heavy atom. The lowest BCUT2D eigenvalue weighted by atomic mass is 10.3. The van der Waals surface area contributed by atoms with Gasteiger partial charge in [0.05, 0.1) is 0 Å². The maximum atomic E-state index is 10.5. The average Bonchev–Trinajstić information content (AvgIpc) is 2.40. The van der Waals surface area contributed by atoms with Gasteiger partial charge in [-0.2, -0.15) is 0 Å². The van der Waals surface area contributed by atoms with E-state index in [1.165, 1.54) is 0 Å². The van der Waals surface area contributed by atoms with Crippen LogP contribution in [0.1, 0.15) is 40.5 Å². The first-order valence-electron chi connectivity index (χ1n) is 4.91. The summed E-state index contributed by atoms with van der Waals surface area (Å²) >= 11 is 0. The minimum absolute atomic E-state index is 0.0255. The summed E-state index contributed by atoms with van der Waals surface area (Å²) in [5.41, 5.74) is 0. The SMILES string of the molecule is CC.CC.O=C1NCCCCN1. The molecular weight excluding hydrogens is 152 g/mol. The van der Waals surface area contributed by atoms with Crippen LogP contribution in [0, 0.1) is 0 Å². The Labute approximate surface area is 75.9 Å². The van der Waals surface area contributed by atoms with E-state index in [-0.39, 0.29) is 6.03 Å². The Morgan fingerprint density at radius 1 is 0.917 bits per heavy atom. The number of carbonyl (C=O) groups excluding carboxylic acids is 1. The van der Waals surface area contributed by atoms with Gasteiger partial charge >= 0.3 is 6.03 Å². The Morgan fingerprint density at radius 2 is 1.25 bits per heavy atom. The predicted octanol–water partition coefficient (Wildman–Crippen LogP) is 2.13. The van der Waals surface area contributed by atoms with Gasteiger partial charge in [0.2, 0.25) is 0 Å². The summed E-state index contributed by atoms with van der Waals surface area (Å²) < 4.78 is 0. The van der Waals surface area contributed by atoms with Crippen molar-refractivity contribution in [2.45, 2.75) is 40.5 Å². The molecule has 0 spiro atoms. The van der Waals surface area contributed by atoms with Crippen LogP contribution in [-0.4, -0.2) is 19.1 Å². The normalized spacial score (nSPS) is 14.8. The molecule has 3 heteroatoms. The molecule has 1 heterocycles. The first-order valence-corrected chi connectivity index (χ1v) is 4.91. The molecule has 74 valence electrons. The topological polar surface area (TPSA) is 41.1 Å². The van der Waals surface area contributed by atoms with Crippen molar-refractivity contribution in [3.05, 3.63) is 0 Å². The van der Waals surface area contributed by atoms with Crippen molar-refractivity contribution in [3.63, 3.8) is 0 Å². The van der Waals surface area contributed by atoms with Gasteiger partial charge in [-0.15, -0.1) is 0 Å². The van der Waals surface area contributed by atoms with Gasteiger partial charge in [0.25, 0.3) is 0 Å². The van der Waals surface area contributed by atoms with Crippen LogP contribution < -0.4 is 10.6 Å². The molecular formula is C9H22N2O. The highest BCUT2D eigenvalue weighted by atomic mass is 16.2. The van der Waals surface area contributed by atoms with Gasteiger partial charge in [-0.1, -0.05) is 27.7 Å². The van der Waals surface area contributed by atoms with Gasteiger partial charge < -0.3 is 10.6 Å². The molecule has 0 aliphatic carbocycles. The monoisotopic (exact) mass is 174 g/mol. The maximum absolute atomic E-state index is 10.5. The van der Waals surface area contributed by atoms with E-state index < -0.39 is 0 Å². The lowest BCUT2D eigenvalue weighted by Gasteiger charge is -1.96. The molecule has 1 aliphatic heterocycles. The number of amides is 2. The fourth-order valence-corrected chi connectivity index (χ4v) is 0.716. The summed E-state index contributed by atoms with van der Waals surface area (Å²) in [6.45, 7) is 9.65. The molecule has 0 aromatic rings. The molecule has 0 aromatic heterocycles. The average molecular weight is 174 g/mol. The minimum atomic E-state index is -0.0255. The molecule has 1 saturated heterocycles. The smallest absolute Gasteiger partial charge is 0.314 e. The van der Waals surface area contributed by atoms with Crippen molar-refractivity contribution in [3.8, 4) is 0 Å². The largest absolute Gasteiger partial charge is 0.338 e. The summed E-state index contributed by atoms with van der Waals surface area (Å²) in [5.74, 6) is 0. The van der Waals surface area contributed by atoms with Crippen LogP contribution in [0.4, 0.5) is 4.79 Å². The molecule has 2 N–H and O–H groups in total. The van der Waals surface area contributed by atoms with Gasteiger partial charge in [0, 0.05) is 13.1 Å². The fraction of sp³-hybridized carbons (Fsp3) is 0.889. The first-order chi connectivity index (χ1) is 5.89. The highest BCUT2D eigenvalue weighted by molar-refractivity contribution is 5.73. The number of rotatable bonds is 0. The Hall–Kier alpha value is -0.730. The van der Waals surface area contributed by atoms with E-state index in [2.05, 4.69) is 10.6 Å². The molecule has 0 bridgehead atoms. The van der Waals surface area contributed by atoms with Gasteiger partial charge in [-0.3, -0.25) is 0 Å². The Bertz CT molecular complexity index is 84.5. The standard InChI is InChI=1S/C5H10N2O.2C2H6/c8-5-6-3-1-2-4-7-5;2*1-2/h1-4H2,(H2,6,7,8);2*1-2H3. The lowest BCUT2D eigenvalue weighted by molar-refractivity contribution is 0.243. The van der Waals surface area contributed by atoms with Crippen molar-refractivity contribution in [2.24, 2.45) is 0 Å². The molecule has 1 rings (SSSR count). The molecule has 0 aromatic carbocycles. The van der Waals surface area contributed by atoms with E-state index in [9.17, 15) is 4.79 Å². The first kappa shape index (κ1) is 13.8. The maximum Gasteiger partial charge on any atom is 0.314 e. The highest BCUT2D eigenvalue weighted by Gasteiger charge is 2.01. The number of hydrogen-bond acceptors (Lipinski definition) is 1. The second kappa shape index (κ2) is 12.9. The van der Waals surface area contributed by atoms with E-state index >= 15 is 0 Å². The number of urea groups is 1. The van der Waals surface area contributed by atoms with Gasteiger partial charge in [0.15, 0.2) is 0 Å². The fourth-order valence-electron chi connectivity index (χ4n) is 0.716. The number of nitrogens with one attached hydrogen (secondary N) is 2. The zero-order chi connectivity index (χ0) is 9.82. The number of hydrogen-bond donors (Lipinski definition) is 2. The minimum Gasteiger partial charge on any atom is -0.338 e. The quantitative estimate of drug-likeness (QED) is 0.580. The lowest BCUT2D eigenvalue weighted by Crippen LogP contribution is -2.32.